The van der Waals surface area contributed by atoms with E-state index >= 15 is 0 Å². The molecule has 2 unspecified atom stereocenters. The molecule has 6 heteroatoms. The molecule has 5 heterocycles. The molecule has 2 saturated heterocycles. The lowest BCUT2D eigenvalue weighted by molar-refractivity contribution is 0.181. The van der Waals surface area contributed by atoms with E-state index in [1.807, 2.05) is 12.4 Å². The molecule has 3 aromatic rings. The minimum atomic E-state index is 0.329. The molecule has 2 fully saturated rings. The second-order valence-corrected chi connectivity index (χ2v) is 7.07. The molecule has 3 aromatic heterocycles. The predicted octanol–water partition coefficient (Wildman–Crippen LogP) is 3.20. The van der Waals surface area contributed by atoms with E-state index < -0.39 is 0 Å². The molecule has 130 valence electrons. The Morgan fingerprint density at radius 2 is 2.04 bits per heavy atom. The summed E-state index contributed by atoms with van der Waals surface area (Å²) in [5.41, 5.74) is 5.46. The number of H-pyrrole nitrogens is 1. The first-order valence-electron chi connectivity index (χ1n) is 8.98. The third-order valence-corrected chi connectivity index (χ3v) is 5.40. The number of pyridine rings is 1. The van der Waals surface area contributed by atoms with E-state index in [-0.39, 0.29) is 0 Å². The van der Waals surface area contributed by atoms with Gasteiger partial charge >= 0.3 is 0 Å². The molecular formula is C19H22N4O2. The summed E-state index contributed by atoms with van der Waals surface area (Å²) in [6.45, 7) is 5.28. The molecule has 25 heavy (non-hydrogen) atoms. The zero-order chi connectivity index (χ0) is 16.8. The van der Waals surface area contributed by atoms with E-state index in [9.17, 15) is 0 Å². The van der Waals surface area contributed by atoms with Gasteiger partial charge in [0, 0.05) is 48.2 Å². The van der Waals surface area contributed by atoms with Gasteiger partial charge in [-0.05, 0) is 37.5 Å². The average Bonchev–Trinajstić information content (AvgIpc) is 3.41. The van der Waals surface area contributed by atoms with Gasteiger partial charge in [-0.25, -0.2) is 4.98 Å². The Morgan fingerprint density at radius 3 is 2.84 bits per heavy atom. The van der Waals surface area contributed by atoms with Gasteiger partial charge in [-0.2, -0.15) is 5.10 Å². The van der Waals surface area contributed by atoms with Crippen LogP contribution in [0.25, 0.3) is 22.3 Å². The quantitative estimate of drug-likeness (QED) is 0.796. The fourth-order valence-electron chi connectivity index (χ4n) is 3.90. The summed E-state index contributed by atoms with van der Waals surface area (Å²) in [4.78, 5) is 7.76. The lowest BCUT2D eigenvalue weighted by Gasteiger charge is -2.16. The zero-order valence-corrected chi connectivity index (χ0v) is 14.4. The first kappa shape index (κ1) is 15.1. The molecule has 0 bridgehead atoms. The van der Waals surface area contributed by atoms with E-state index in [1.165, 1.54) is 11.3 Å². The maximum Gasteiger partial charge on any atom is 0.137 e. The normalized spacial score (nSPS) is 23.7. The van der Waals surface area contributed by atoms with Crippen LogP contribution in [0.4, 0.5) is 0 Å². The zero-order valence-electron chi connectivity index (χ0n) is 14.4. The van der Waals surface area contributed by atoms with Crippen LogP contribution < -0.4 is 0 Å². The van der Waals surface area contributed by atoms with Crippen LogP contribution in [0.1, 0.15) is 36.1 Å². The molecule has 0 saturated carbocycles. The SMILES string of the molecule is Cc1c[nH]c2ncc(-c3cc(C4CCOC4)n(C4CCOC4)n3)cc12. The number of rotatable bonds is 3. The van der Waals surface area contributed by atoms with Crippen molar-refractivity contribution in [3.63, 3.8) is 0 Å². The van der Waals surface area contributed by atoms with Crippen molar-refractivity contribution in [1.29, 1.82) is 0 Å². The average molecular weight is 338 g/mol. The number of fused-ring (bicyclic) bond motifs is 1. The van der Waals surface area contributed by atoms with Crippen molar-refractivity contribution in [1.82, 2.24) is 19.7 Å². The molecule has 2 aliphatic heterocycles. The summed E-state index contributed by atoms with van der Waals surface area (Å²) < 4.78 is 13.4. The number of aromatic nitrogens is 4. The molecule has 2 atom stereocenters. The highest BCUT2D eigenvalue weighted by molar-refractivity contribution is 5.83. The van der Waals surface area contributed by atoms with Crippen LogP contribution in [0.15, 0.2) is 24.5 Å². The van der Waals surface area contributed by atoms with Crippen molar-refractivity contribution >= 4 is 11.0 Å². The van der Waals surface area contributed by atoms with Crippen molar-refractivity contribution in [3.8, 4) is 11.3 Å². The van der Waals surface area contributed by atoms with Crippen molar-refractivity contribution in [2.45, 2.75) is 31.7 Å². The second-order valence-electron chi connectivity index (χ2n) is 7.07. The van der Waals surface area contributed by atoms with Gasteiger partial charge < -0.3 is 14.5 Å². The molecule has 0 radical (unpaired) electrons. The molecule has 0 spiro atoms. The summed E-state index contributed by atoms with van der Waals surface area (Å²) in [6, 6.07) is 4.73. The van der Waals surface area contributed by atoms with Gasteiger partial charge in [0.05, 0.1) is 24.9 Å². The Bertz CT molecular complexity index is 868. The third kappa shape index (κ3) is 2.56. The Labute approximate surface area is 146 Å². The van der Waals surface area contributed by atoms with Gasteiger partial charge in [0.2, 0.25) is 0 Å². The molecular weight excluding hydrogens is 316 g/mol. The predicted molar refractivity (Wildman–Crippen MR) is 94.7 cm³/mol. The Morgan fingerprint density at radius 1 is 1.16 bits per heavy atom. The smallest absolute Gasteiger partial charge is 0.137 e. The van der Waals surface area contributed by atoms with Gasteiger partial charge in [-0.1, -0.05) is 0 Å². The third-order valence-electron chi connectivity index (χ3n) is 5.40. The van der Waals surface area contributed by atoms with E-state index in [1.54, 1.807) is 0 Å². The molecule has 1 N–H and O–H groups in total. The van der Waals surface area contributed by atoms with Crippen LogP contribution in [0.5, 0.6) is 0 Å². The molecule has 5 rings (SSSR count). The minimum Gasteiger partial charge on any atom is -0.381 e. The van der Waals surface area contributed by atoms with Crippen LogP contribution >= 0.6 is 0 Å². The minimum absolute atomic E-state index is 0.329. The number of aromatic amines is 1. The largest absolute Gasteiger partial charge is 0.381 e. The number of hydrogen-bond acceptors (Lipinski definition) is 4. The summed E-state index contributed by atoms with van der Waals surface area (Å²) in [6.07, 6.45) is 5.99. The highest BCUT2D eigenvalue weighted by Crippen LogP contribution is 2.33. The van der Waals surface area contributed by atoms with E-state index in [4.69, 9.17) is 14.6 Å². The number of ether oxygens (including phenoxy) is 2. The standard InChI is InChI=1S/C19H22N4O2/c1-12-8-20-19-16(12)6-14(9-21-19)17-7-18(13-2-4-24-10-13)23(22-17)15-3-5-25-11-15/h6-9,13,15H,2-5,10-11H2,1H3,(H,20,21). The van der Waals surface area contributed by atoms with Crippen LogP contribution in [0.3, 0.4) is 0 Å². The summed E-state index contributed by atoms with van der Waals surface area (Å²) >= 11 is 0. The van der Waals surface area contributed by atoms with E-state index in [0.717, 1.165) is 61.6 Å². The highest BCUT2D eigenvalue weighted by atomic mass is 16.5. The second kappa shape index (κ2) is 5.97. The van der Waals surface area contributed by atoms with Crippen molar-refractivity contribution in [3.05, 3.63) is 35.8 Å². The van der Waals surface area contributed by atoms with Gasteiger partial charge in [0.1, 0.15) is 5.65 Å². The Hall–Kier alpha value is -2.18. The highest BCUT2D eigenvalue weighted by Gasteiger charge is 2.28. The maximum absolute atomic E-state index is 5.62. The first-order chi connectivity index (χ1) is 12.3. The van der Waals surface area contributed by atoms with Crippen molar-refractivity contribution < 1.29 is 9.47 Å². The monoisotopic (exact) mass is 338 g/mol. The Kier molecular flexibility index (Phi) is 3.60. The van der Waals surface area contributed by atoms with Gasteiger partial charge in [-0.15, -0.1) is 0 Å². The number of nitrogens with zero attached hydrogens (tertiary/aromatic N) is 3. The number of hydrogen-bond donors (Lipinski definition) is 1. The van der Waals surface area contributed by atoms with Crippen LogP contribution in [-0.4, -0.2) is 46.2 Å². The van der Waals surface area contributed by atoms with Gasteiger partial charge in [0.25, 0.3) is 0 Å². The summed E-state index contributed by atoms with van der Waals surface area (Å²) in [7, 11) is 0. The first-order valence-corrected chi connectivity index (χ1v) is 8.98. The van der Waals surface area contributed by atoms with Crippen molar-refractivity contribution in [2.75, 3.05) is 26.4 Å². The van der Waals surface area contributed by atoms with Gasteiger partial charge in [0.15, 0.2) is 0 Å². The fraction of sp³-hybridized carbons (Fsp3) is 0.474. The maximum atomic E-state index is 5.62. The van der Waals surface area contributed by atoms with Gasteiger partial charge in [-0.3, -0.25) is 4.68 Å². The lowest BCUT2D eigenvalue weighted by Crippen LogP contribution is -2.16. The topological polar surface area (TPSA) is 65.0 Å². The summed E-state index contributed by atoms with van der Waals surface area (Å²) in [5, 5.41) is 6.11. The summed E-state index contributed by atoms with van der Waals surface area (Å²) in [5.74, 6) is 0.424. The molecule has 0 aromatic carbocycles. The van der Waals surface area contributed by atoms with E-state index in [2.05, 4.69) is 33.7 Å². The fourth-order valence-corrected chi connectivity index (χ4v) is 3.90. The van der Waals surface area contributed by atoms with Crippen LogP contribution in [0.2, 0.25) is 0 Å². The molecule has 2 aliphatic rings. The van der Waals surface area contributed by atoms with Crippen LogP contribution in [-0.2, 0) is 9.47 Å². The van der Waals surface area contributed by atoms with E-state index in [0.29, 0.717) is 12.0 Å². The van der Waals surface area contributed by atoms with Crippen LogP contribution in [0, 0.1) is 6.92 Å². The number of nitrogens with one attached hydrogen (secondary N) is 1. The molecule has 0 aliphatic carbocycles. The molecule has 6 nitrogen and oxygen atoms in total. The molecule has 0 amide bonds. The Balaban J connectivity index is 1.59. The van der Waals surface area contributed by atoms with Crippen molar-refractivity contribution in [2.24, 2.45) is 0 Å². The number of aryl methyl sites for hydroxylation is 1. The lowest BCUT2D eigenvalue weighted by atomic mass is 10.0.